The Labute approximate surface area is 113 Å². The summed E-state index contributed by atoms with van der Waals surface area (Å²) in [5.74, 6) is -0.497. The predicted octanol–water partition coefficient (Wildman–Crippen LogP) is 2.06. The van der Waals surface area contributed by atoms with Crippen molar-refractivity contribution in [2.75, 3.05) is 20.2 Å². The van der Waals surface area contributed by atoms with Crippen LogP contribution in [0.25, 0.3) is 0 Å². The van der Waals surface area contributed by atoms with E-state index in [9.17, 15) is 10.1 Å². The summed E-state index contributed by atoms with van der Waals surface area (Å²) >= 11 is 0. The molecule has 0 saturated carbocycles. The predicted molar refractivity (Wildman–Crippen MR) is 71.2 cm³/mol. The van der Waals surface area contributed by atoms with Gasteiger partial charge in [-0.15, -0.1) is 0 Å². The first-order valence-electron chi connectivity index (χ1n) is 6.56. The number of hydrogen-bond donors (Lipinski definition) is 0. The standard InChI is InChI=1S/C15H18N2O2/c1-19-14(18)15(12-16,13-8-4-2-5-9-13)17-10-6-3-7-11-17/h2,4-5,8-9H,3,6-7,10-11H2,1H3. The Bertz CT molecular complexity index is 475. The minimum atomic E-state index is -1.31. The van der Waals surface area contributed by atoms with Gasteiger partial charge in [0.1, 0.15) is 6.07 Å². The molecule has 19 heavy (non-hydrogen) atoms. The third-order valence-corrected chi connectivity index (χ3v) is 3.66. The van der Waals surface area contributed by atoms with Crippen LogP contribution >= 0.6 is 0 Å². The highest BCUT2D eigenvalue weighted by atomic mass is 16.5. The quantitative estimate of drug-likeness (QED) is 0.779. The molecule has 1 atom stereocenters. The molecule has 0 aromatic heterocycles. The third kappa shape index (κ3) is 2.34. The molecule has 0 radical (unpaired) electrons. The molecule has 1 unspecified atom stereocenters. The first-order chi connectivity index (χ1) is 9.25. The summed E-state index contributed by atoms with van der Waals surface area (Å²) in [7, 11) is 1.33. The number of carbonyl (C=O) groups is 1. The van der Waals surface area contributed by atoms with Crippen LogP contribution in [0.4, 0.5) is 0 Å². The molecule has 100 valence electrons. The summed E-state index contributed by atoms with van der Waals surface area (Å²) in [5.41, 5.74) is -0.623. The summed E-state index contributed by atoms with van der Waals surface area (Å²) < 4.78 is 4.91. The molecular weight excluding hydrogens is 240 g/mol. The van der Waals surface area contributed by atoms with Gasteiger partial charge in [-0.25, -0.2) is 4.79 Å². The van der Waals surface area contributed by atoms with E-state index in [1.54, 1.807) is 0 Å². The fraction of sp³-hybridized carbons (Fsp3) is 0.467. The molecule has 1 aliphatic rings. The van der Waals surface area contributed by atoms with Crippen molar-refractivity contribution >= 4 is 5.97 Å². The van der Waals surface area contributed by atoms with Crippen LogP contribution < -0.4 is 0 Å². The first-order valence-corrected chi connectivity index (χ1v) is 6.56. The SMILES string of the molecule is COC(=O)C(C#N)(c1ccccc1)N1CCCCC1. The highest BCUT2D eigenvalue weighted by molar-refractivity contribution is 5.86. The van der Waals surface area contributed by atoms with Crippen LogP contribution in [-0.4, -0.2) is 31.1 Å². The average molecular weight is 258 g/mol. The number of esters is 1. The van der Waals surface area contributed by atoms with Crippen molar-refractivity contribution in [3.8, 4) is 6.07 Å². The topological polar surface area (TPSA) is 53.3 Å². The van der Waals surface area contributed by atoms with Crippen LogP contribution in [0.2, 0.25) is 0 Å². The van der Waals surface area contributed by atoms with Gasteiger partial charge in [0.2, 0.25) is 5.54 Å². The van der Waals surface area contributed by atoms with Crippen LogP contribution in [-0.2, 0) is 15.1 Å². The molecule has 1 saturated heterocycles. The maximum absolute atomic E-state index is 12.3. The smallest absolute Gasteiger partial charge is 0.345 e. The summed E-state index contributed by atoms with van der Waals surface area (Å²) in [6, 6.07) is 11.4. The normalized spacial score (nSPS) is 19.2. The molecule has 4 nitrogen and oxygen atoms in total. The minimum Gasteiger partial charge on any atom is -0.467 e. The third-order valence-electron chi connectivity index (χ3n) is 3.66. The Hall–Kier alpha value is -1.86. The lowest BCUT2D eigenvalue weighted by molar-refractivity contribution is -0.152. The monoisotopic (exact) mass is 258 g/mol. The van der Waals surface area contributed by atoms with Crippen LogP contribution in [0.3, 0.4) is 0 Å². The highest BCUT2D eigenvalue weighted by Gasteiger charge is 2.47. The van der Waals surface area contributed by atoms with Gasteiger partial charge in [0.05, 0.1) is 7.11 Å². The fourth-order valence-electron chi connectivity index (χ4n) is 2.67. The van der Waals surface area contributed by atoms with Crippen molar-refractivity contribution in [1.29, 1.82) is 5.26 Å². The van der Waals surface area contributed by atoms with Gasteiger partial charge in [-0.3, -0.25) is 4.90 Å². The molecule has 1 aromatic rings. The molecule has 0 N–H and O–H groups in total. The zero-order valence-corrected chi connectivity index (χ0v) is 11.1. The van der Waals surface area contributed by atoms with Gasteiger partial charge in [-0.05, 0) is 18.4 Å². The van der Waals surface area contributed by atoms with Crippen molar-refractivity contribution in [2.45, 2.75) is 24.8 Å². The molecule has 2 rings (SSSR count). The first kappa shape index (κ1) is 13.6. The van der Waals surface area contributed by atoms with E-state index in [-0.39, 0.29) is 0 Å². The average Bonchev–Trinajstić information content (AvgIpc) is 2.50. The fourth-order valence-corrected chi connectivity index (χ4v) is 2.67. The lowest BCUT2D eigenvalue weighted by atomic mass is 9.87. The number of nitrogens with zero attached hydrogens (tertiary/aromatic N) is 2. The summed E-state index contributed by atoms with van der Waals surface area (Å²) in [5, 5.41) is 9.69. The molecule has 0 amide bonds. The van der Waals surface area contributed by atoms with Crippen molar-refractivity contribution in [3.63, 3.8) is 0 Å². The van der Waals surface area contributed by atoms with Crippen LogP contribution in [0.5, 0.6) is 0 Å². The Morgan fingerprint density at radius 2 is 1.89 bits per heavy atom. The zero-order chi connectivity index (χ0) is 13.7. The van der Waals surface area contributed by atoms with E-state index in [0.29, 0.717) is 5.56 Å². The molecule has 0 aliphatic carbocycles. The molecular formula is C15H18N2O2. The summed E-state index contributed by atoms with van der Waals surface area (Å²) in [6.45, 7) is 1.50. The maximum atomic E-state index is 12.3. The van der Waals surface area contributed by atoms with E-state index in [4.69, 9.17) is 4.74 Å². The molecule has 4 heteroatoms. The van der Waals surface area contributed by atoms with E-state index in [1.807, 2.05) is 35.2 Å². The lowest BCUT2D eigenvalue weighted by Crippen LogP contribution is -2.53. The second-order valence-corrected chi connectivity index (χ2v) is 4.73. The second kappa shape index (κ2) is 5.85. The van der Waals surface area contributed by atoms with Crippen LogP contribution in [0, 0.1) is 11.3 Å². The summed E-state index contributed by atoms with van der Waals surface area (Å²) in [4.78, 5) is 14.2. The van der Waals surface area contributed by atoms with Crippen molar-refractivity contribution in [3.05, 3.63) is 35.9 Å². The van der Waals surface area contributed by atoms with E-state index < -0.39 is 11.5 Å². The number of methoxy groups -OCH3 is 1. The van der Waals surface area contributed by atoms with E-state index in [1.165, 1.54) is 7.11 Å². The number of carbonyl (C=O) groups excluding carboxylic acids is 1. The Kier molecular flexibility index (Phi) is 4.18. The maximum Gasteiger partial charge on any atom is 0.345 e. The van der Waals surface area contributed by atoms with E-state index in [2.05, 4.69) is 6.07 Å². The largest absolute Gasteiger partial charge is 0.467 e. The molecule has 1 aliphatic heterocycles. The van der Waals surface area contributed by atoms with Gasteiger partial charge in [-0.2, -0.15) is 5.26 Å². The Balaban J connectivity index is 2.48. The number of nitriles is 1. The van der Waals surface area contributed by atoms with E-state index >= 15 is 0 Å². The van der Waals surface area contributed by atoms with Gasteiger partial charge in [0.15, 0.2) is 0 Å². The number of hydrogen-bond acceptors (Lipinski definition) is 4. The molecule has 0 bridgehead atoms. The van der Waals surface area contributed by atoms with Crippen LogP contribution in [0.1, 0.15) is 24.8 Å². The Morgan fingerprint density at radius 1 is 1.26 bits per heavy atom. The number of likely N-dealkylation sites (tertiary alicyclic amines) is 1. The number of rotatable bonds is 3. The molecule has 1 heterocycles. The minimum absolute atomic E-state index is 0.497. The zero-order valence-electron chi connectivity index (χ0n) is 11.1. The summed E-state index contributed by atoms with van der Waals surface area (Å²) in [6.07, 6.45) is 3.16. The van der Waals surface area contributed by atoms with E-state index in [0.717, 1.165) is 32.4 Å². The van der Waals surface area contributed by atoms with Crippen molar-refractivity contribution in [2.24, 2.45) is 0 Å². The molecule has 1 fully saturated rings. The second-order valence-electron chi connectivity index (χ2n) is 4.73. The number of benzene rings is 1. The van der Waals surface area contributed by atoms with Gasteiger partial charge in [0.25, 0.3) is 0 Å². The van der Waals surface area contributed by atoms with Gasteiger partial charge < -0.3 is 4.74 Å². The van der Waals surface area contributed by atoms with Crippen molar-refractivity contribution < 1.29 is 9.53 Å². The lowest BCUT2D eigenvalue weighted by Gasteiger charge is -2.38. The van der Waals surface area contributed by atoms with Gasteiger partial charge in [0, 0.05) is 13.1 Å². The van der Waals surface area contributed by atoms with Crippen molar-refractivity contribution in [1.82, 2.24) is 4.90 Å². The van der Waals surface area contributed by atoms with Crippen LogP contribution in [0.15, 0.2) is 30.3 Å². The highest BCUT2D eigenvalue weighted by Crippen LogP contribution is 2.32. The number of ether oxygens (including phenoxy) is 1. The molecule has 1 aromatic carbocycles. The Morgan fingerprint density at radius 3 is 2.42 bits per heavy atom. The number of piperidine rings is 1. The molecule has 0 spiro atoms. The van der Waals surface area contributed by atoms with Gasteiger partial charge in [-0.1, -0.05) is 36.8 Å². The van der Waals surface area contributed by atoms with Gasteiger partial charge >= 0.3 is 5.97 Å².